The van der Waals surface area contributed by atoms with Crippen LogP contribution in [0, 0.1) is 47.0 Å². The summed E-state index contributed by atoms with van der Waals surface area (Å²) in [7, 11) is 0. The molecule has 4 aromatic carbocycles. The van der Waals surface area contributed by atoms with E-state index in [4.69, 9.17) is 50.2 Å². The average Bonchev–Trinajstić information content (AvgIpc) is 3.34. The first-order valence-electron chi connectivity index (χ1n) is 24.2. The molecule has 0 aliphatic heterocycles. The van der Waals surface area contributed by atoms with E-state index in [1.807, 2.05) is 0 Å². The molecule has 4 atom stereocenters. The van der Waals surface area contributed by atoms with E-state index in [9.17, 15) is 55.9 Å². The maximum absolute atomic E-state index is 12.7. The lowest BCUT2D eigenvalue weighted by molar-refractivity contribution is -0.149. The Balaban J connectivity index is 0.00000101. The molecule has 0 saturated carbocycles. The molecule has 4 unspecified atom stereocenters. The van der Waals surface area contributed by atoms with Crippen molar-refractivity contribution in [2.45, 2.75) is 131 Å². The van der Waals surface area contributed by atoms with Crippen molar-refractivity contribution in [1.82, 2.24) is 0 Å². The molecule has 2 N–H and O–H groups in total. The number of halogens is 5. The molecule has 21 heteroatoms. The zero-order valence-corrected chi connectivity index (χ0v) is 47.6. The van der Waals surface area contributed by atoms with Crippen molar-refractivity contribution in [1.29, 1.82) is 0 Å². The van der Waals surface area contributed by atoms with E-state index in [1.54, 1.807) is 69.2 Å². The normalized spacial score (nSPS) is 12.1. The van der Waals surface area contributed by atoms with Gasteiger partial charge in [0.25, 0.3) is 5.24 Å². The average molecular weight is 1150 g/mol. The lowest BCUT2D eigenvalue weighted by atomic mass is 10.2. The highest BCUT2D eigenvalue weighted by molar-refractivity contribution is 6.67. The molecule has 0 radical (unpaired) electrons. The molecule has 0 aliphatic rings. The minimum Gasteiger partial charge on any atom is -0.478 e. The molecule has 0 heterocycles. The van der Waals surface area contributed by atoms with Crippen molar-refractivity contribution in [3.05, 3.63) is 167 Å². The Morgan fingerprint density at radius 3 is 1.06 bits per heavy atom. The van der Waals surface area contributed by atoms with Crippen LogP contribution in [-0.4, -0.2) is 98.5 Å². The molecule has 0 bridgehead atoms. The third-order valence-electron chi connectivity index (χ3n) is 8.16. The van der Waals surface area contributed by atoms with Gasteiger partial charge in [0, 0.05) is 29.6 Å². The first-order valence-corrected chi connectivity index (χ1v) is 24.6. The minimum absolute atomic E-state index is 0.210. The number of aliphatic hydroxyl groups is 1. The van der Waals surface area contributed by atoms with Gasteiger partial charge in [-0.25, -0.2) is 51.1 Å². The van der Waals surface area contributed by atoms with Gasteiger partial charge >= 0.3 is 41.8 Å². The quantitative estimate of drug-likeness (QED) is 0.0270. The molecule has 0 aromatic heterocycles. The maximum Gasteiger partial charge on any atom is 0.384 e. The van der Waals surface area contributed by atoms with Crippen LogP contribution in [0.1, 0.15) is 131 Å². The molecule has 0 amide bonds. The fraction of sp³-hybridized carbons (Fsp3) is 0.333. The monoisotopic (exact) mass is 1150 g/mol. The zero-order chi connectivity index (χ0) is 62.3. The largest absolute Gasteiger partial charge is 0.478 e. The molecule has 0 spiro atoms. The molecule has 16 nitrogen and oxygen atoms in total. The highest BCUT2D eigenvalue weighted by atomic mass is 35.5. The third kappa shape index (κ3) is 38.6. The number of hydrogen-bond acceptors (Lipinski definition) is 15. The van der Waals surface area contributed by atoms with Gasteiger partial charge in [0.15, 0.2) is 6.10 Å². The number of aliphatic carboxylic acids is 1. The van der Waals surface area contributed by atoms with Gasteiger partial charge in [-0.15, -0.1) is 0 Å². The fourth-order valence-corrected chi connectivity index (χ4v) is 4.97. The van der Waals surface area contributed by atoms with Gasteiger partial charge < -0.3 is 38.6 Å². The van der Waals surface area contributed by atoms with Gasteiger partial charge in [-0.05, 0) is 217 Å². The number of rotatable bonds is 11. The van der Waals surface area contributed by atoms with Gasteiger partial charge in [0.1, 0.15) is 58.4 Å². The van der Waals surface area contributed by atoms with Crippen molar-refractivity contribution in [3.63, 3.8) is 0 Å². The number of carboxylic acid groups (broad SMARTS) is 1. The molecule has 4 rings (SSSR count). The first kappa shape index (κ1) is 72.4. The van der Waals surface area contributed by atoms with Crippen molar-refractivity contribution in [2.24, 2.45) is 0 Å². The van der Waals surface area contributed by atoms with E-state index in [2.05, 4.69) is 23.7 Å². The topological polar surface area (TPSA) is 232 Å². The summed E-state index contributed by atoms with van der Waals surface area (Å²) in [5.41, 5.74) is -0.749. The fourth-order valence-electron chi connectivity index (χ4n) is 4.85. The number of carboxylic acids is 1. The predicted octanol–water partition coefficient (Wildman–Crippen LogP) is 10.9. The van der Waals surface area contributed by atoms with Crippen LogP contribution in [0.4, 0.5) is 17.6 Å². The Morgan fingerprint density at radius 2 is 0.765 bits per heavy atom. The van der Waals surface area contributed by atoms with E-state index in [0.717, 1.165) is 30.3 Å². The van der Waals surface area contributed by atoms with Crippen LogP contribution >= 0.6 is 11.6 Å². The van der Waals surface area contributed by atoms with E-state index in [1.165, 1.54) is 112 Å². The predicted molar refractivity (Wildman–Crippen MR) is 291 cm³/mol. The van der Waals surface area contributed by atoms with Crippen LogP contribution in [0.2, 0.25) is 0 Å². The molecule has 0 saturated heterocycles. The van der Waals surface area contributed by atoms with Crippen molar-refractivity contribution in [3.8, 4) is 23.7 Å². The zero-order valence-electron chi connectivity index (χ0n) is 46.9. The summed E-state index contributed by atoms with van der Waals surface area (Å²) in [6, 6.07) is 19.9. The number of esters is 6. The summed E-state index contributed by atoms with van der Waals surface area (Å²) in [6.45, 7) is 21.9. The Bertz CT molecular complexity index is 2890. The van der Waals surface area contributed by atoms with Crippen molar-refractivity contribution < 1.29 is 94.6 Å². The molecule has 0 aliphatic carbocycles. The van der Waals surface area contributed by atoms with Crippen LogP contribution in [0.3, 0.4) is 0 Å². The number of ether oxygens (including phenoxy) is 6. The second-order valence-corrected chi connectivity index (χ2v) is 19.7. The van der Waals surface area contributed by atoms with Crippen molar-refractivity contribution in [2.75, 3.05) is 0 Å². The second-order valence-electron chi connectivity index (χ2n) is 19.4. The van der Waals surface area contributed by atoms with Gasteiger partial charge in [-0.2, -0.15) is 0 Å². The maximum atomic E-state index is 12.7. The standard InChI is InChI=1S/C16H19FO4.C16H17FO4.C12H11FO4.C9H14O3.C7H4ClFO/c2*1-11(5-10-14(18)21-16(2,3)4)20-15(19)12-6-8-13(17)9-7-12;1-8(2-7-11(14)15)17-12(16)9-3-5-10(13)6-4-9;1-7(10)5-6-8(11)12-9(2,3)4;8-7(10)5-1-3-6(9)4-2-5/h5-11H,1-4H3;6-9,11H,1-4H3;2-8H,1H3,(H,14,15);7,10H,1-4H3;1-4H/b10-5-;;7-2-;;. The number of carbonyl (C=O) groups is 8. The molecule has 0 fully saturated rings. The number of carbonyl (C=O) groups excluding carboxylic acids is 7. The number of hydrogen-bond donors (Lipinski definition) is 2. The van der Waals surface area contributed by atoms with E-state index < -0.39 is 106 Å². The van der Waals surface area contributed by atoms with Crippen LogP contribution < -0.4 is 0 Å². The van der Waals surface area contributed by atoms with Crippen molar-refractivity contribution >= 4 is 58.6 Å². The first-order chi connectivity index (χ1) is 37.3. The molecule has 4 aromatic rings. The molecule has 81 heavy (non-hydrogen) atoms. The Kier molecular flexibility index (Phi) is 32.0. The van der Waals surface area contributed by atoms with Gasteiger partial charge in [-0.3, -0.25) is 4.79 Å². The van der Waals surface area contributed by atoms with Gasteiger partial charge in [0.2, 0.25) is 0 Å². The molecular formula is C60H65ClF4O16. The SMILES string of the molecule is CC(/C=C\C(=O)O)OC(=O)c1ccc(F)cc1.CC(/C=C\C(=O)OC(C)(C)C)OC(=O)c1ccc(F)cc1.CC(C#CC(=O)OC(C)(C)C)OC(=O)c1ccc(F)cc1.CC(O)C#CC(=O)OC(C)(C)C.O=C(Cl)c1ccc(F)cc1. The smallest absolute Gasteiger partial charge is 0.384 e. The van der Waals surface area contributed by atoms with Crippen LogP contribution in [-0.2, 0) is 47.6 Å². The molecule has 436 valence electrons. The lowest BCUT2D eigenvalue weighted by Gasteiger charge is -2.18. The van der Waals surface area contributed by atoms with Crippen LogP contribution in [0.25, 0.3) is 0 Å². The highest BCUT2D eigenvalue weighted by Crippen LogP contribution is 2.12. The second kappa shape index (κ2) is 35.8. The summed E-state index contributed by atoms with van der Waals surface area (Å²) < 4.78 is 80.2. The summed E-state index contributed by atoms with van der Waals surface area (Å²) in [5, 5.41) is 16.5. The van der Waals surface area contributed by atoms with E-state index in [-0.39, 0.29) is 22.5 Å². The number of benzene rings is 4. The Hall–Kier alpha value is -8.59. The van der Waals surface area contributed by atoms with E-state index in [0.29, 0.717) is 5.56 Å². The Labute approximate surface area is 473 Å². The summed E-state index contributed by atoms with van der Waals surface area (Å²) in [4.78, 5) is 89.3. The van der Waals surface area contributed by atoms with Gasteiger partial charge in [-0.1, -0.05) is 5.92 Å². The lowest BCUT2D eigenvalue weighted by Crippen LogP contribution is -2.23. The third-order valence-corrected chi connectivity index (χ3v) is 8.38. The Morgan fingerprint density at radius 1 is 0.469 bits per heavy atom. The van der Waals surface area contributed by atoms with Crippen LogP contribution in [0.5, 0.6) is 0 Å². The summed E-state index contributed by atoms with van der Waals surface area (Å²) >= 11 is 5.09. The molecular weight excluding hydrogens is 1090 g/mol. The summed E-state index contributed by atoms with van der Waals surface area (Å²) in [6.07, 6.45) is 1.93. The highest BCUT2D eigenvalue weighted by Gasteiger charge is 2.18. The summed E-state index contributed by atoms with van der Waals surface area (Å²) in [5.74, 6) is 2.75. The van der Waals surface area contributed by atoms with Crippen LogP contribution in [0.15, 0.2) is 121 Å². The van der Waals surface area contributed by atoms with Gasteiger partial charge in [0.05, 0.1) is 16.7 Å². The van der Waals surface area contributed by atoms with E-state index >= 15 is 0 Å². The minimum atomic E-state index is -1.12. The number of aliphatic hydroxyl groups excluding tert-OH is 1.